The van der Waals surface area contributed by atoms with Crippen molar-refractivity contribution >= 4 is 33.3 Å². The molecule has 6 heteroatoms. The third kappa shape index (κ3) is 2.08. The van der Waals surface area contributed by atoms with Crippen LogP contribution in [0.4, 0.5) is 14.6 Å². The zero-order valence-electron chi connectivity index (χ0n) is 6.40. The number of hydrogen-bond donors (Lipinski definition) is 1. The van der Waals surface area contributed by atoms with Crippen molar-refractivity contribution in [3.05, 3.63) is 22.3 Å². The summed E-state index contributed by atoms with van der Waals surface area (Å²) in [5.74, 6) is -0.218. The van der Waals surface area contributed by atoms with Gasteiger partial charge >= 0.3 is 0 Å². The standard InChI is InChI=1S/C7H6BrClF2N2/c8-1-3-2-13-7(12)4(5(3)9)6(10)11/h2,6H,1H2,(H2,12,13). The van der Waals surface area contributed by atoms with Gasteiger partial charge in [-0.1, -0.05) is 27.5 Å². The molecule has 0 saturated carbocycles. The van der Waals surface area contributed by atoms with Crippen LogP contribution in [0.2, 0.25) is 5.02 Å². The van der Waals surface area contributed by atoms with Gasteiger partial charge < -0.3 is 5.73 Å². The zero-order valence-corrected chi connectivity index (χ0v) is 8.74. The van der Waals surface area contributed by atoms with Crippen LogP contribution in [0.25, 0.3) is 0 Å². The Hall–Kier alpha value is -0.420. The summed E-state index contributed by atoms with van der Waals surface area (Å²) in [6, 6.07) is 0. The third-order valence-corrected chi connectivity index (χ3v) is 2.57. The van der Waals surface area contributed by atoms with Gasteiger partial charge in [0.25, 0.3) is 6.43 Å². The second-order valence-corrected chi connectivity index (χ2v) is 3.27. The van der Waals surface area contributed by atoms with Gasteiger partial charge in [-0.05, 0) is 0 Å². The van der Waals surface area contributed by atoms with Crippen molar-refractivity contribution in [2.75, 3.05) is 5.73 Å². The number of nitrogen functional groups attached to an aromatic ring is 1. The van der Waals surface area contributed by atoms with Gasteiger partial charge in [0.2, 0.25) is 0 Å². The van der Waals surface area contributed by atoms with E-state index in [0.717, 1.165) is 0 Å². The van der Waals surface area contributed by atoms with E-state index in [1.54, 1.807) is 0 Å². The van der Waals surface area contributed by atoms with E-state index in [4.69, 9.17) is 17.3 Å². The monoisotopic (exact) mass is 270 g/mol. The average Bonchev–Trinajstić information content (AvgIpc) is 2.04. The predicted octanol–water partition coefficient (Wildman–Crippen LogP) is 3.15. The minimum absolute atomic E-state index is 0.0145. The number of anilines is 1. The quantitative estimate of drug-likeness (QED) is 0.839. The fourth-order valence-electron chi connectivity index (χ4n) is 0.860. The summed E-state index contributed by atoms with van der Waals surface area (Å²) in [6.45, 7) is 0. The van der Waals surface area contributed by atoms with Gasteiger partial charge in [0.1, 0.15) is 5.82 Å². The lowest BCUT2D eigenvalue weighted by Gasteiger charge is -2.08. The lowest BCUT2D eigenvalue weighted by molar-refractivity contribution is 0.152. The Morgan fingerprint density at radius 3 is 2.69 bits per heavy atom. The Labute approximate surface area is 87.2 Å². The molecule has 72 valence electrons. The van der Waals surface area contributed by atoms with Crippen LogP contribution >= 0.6 is 27.5 Å². The van der Waals surface area contributed by atoms with Gasteiger partial charge in [0.05, 0.1) is 10.6 Å². The molecule has 0 aliphatic rings. The van der Waals surface area contributed by atoms with E-state index in [2.05, 4.69) is 20.9 Å². The summed E-state index contributed by atoms with van der Waals surface area (Å²) in [7, 11) is 0. The van der Waals surface area contributed by atoms with E-state index in [1.807, 2.05) is 0 Å². The maximum absolute atomic E-state index is 12.4. The van der Waals surface area contributed by atoms with Crippen LogP contribution in [0.1, 0.15) is 17.6 Å². The summed E-state index contributed by atoms with van der Waals surface area (Å²) in [5.41, 5.74) is 5.37. The largest absolute Gasteiger partial charge is 0.383 e. The van der Waals surface area contributed by atoms with Crippen molar-refractivity contribution in [1.29, 1.82) is 0 Å². The first-order valence-electron chi connectivity index (χ1n) is 3.34. The SMILES string of the molecule is Nc1ncc(CBr)c(Cl)c1C(F)F. The van der Waals surface area contributed by atoms with Gasteiger partial charge in [-0.25, -0.2) is 13.8 Å². The fourth-order valence-corrected chi connectivity index (χ4v) is 1.74. The van der Waals surface area contributed by atoms with Gasteiger partial charge in [-0.2, -0.15) is 0 Å². The maximum Gasteiger partial charge on any atom is 0.268 e. The molecule has 0 unspecified atom stereocenters. The second kappa shape index (κ2) is 4.19. The van der Waals surface area contributed by atoms with Crippen LogP contribution in [-0.2, 0) is 5.33 Å². The van der Waals surface area contributed by atoms with Crippen LogP contribution in [0.15, 0.2) is 6.20 Å². The first-order valence-corrected chi connectivity index (χ1v) is 4.84. The molecule has 1 aromatic heterocycles. The highest BCUT2D eigenvalue weighted by atomic mass is 79.9. The number of hydrogen-bond acceptors (Lipinski definition) is 2. The molecule has 1 rings (SSSR count). The number of aromatic nitrogens is 1. The highest BCUT2D eigenvalue weighted by Gasteiger charge is 2.18. The van der Waals surface area contributed by atoms with Crippen molar-refractivity contribution < 1.29 is 8.78 Å². The highest BCUT2D eigenvalue weighted by molar-refractivity contribution is 9.08. The Bertz CT molecular complexity index is 320. The average molecular weight is 271 g/mol. The Morgan fingerprint density at radius 2 is 2.23 bits per heavy atom. The number of nitrogens with zero attached hydrogens (tertiary/aromatic N) is 1. The Balaban J connectivity index is 3.30. The first-order chi connectivity index (χ1) is 6.07. The van der Waals surface area contributed by atoms with Crippen molar-refractivity contribution in [2.24, 2.45) is 0 Å². The third-order valence-electron chi connectivity index (χ3n) is 1.52. The summed E-state index contributed by atoms with van der Waals surface area (Å²) >= 11 is 8.79. The molecular weight excluding hydrogens is 265 g/mol. The van der Waals surface area contributed by atoms with E-state index < -0.39 is 12.0 Å². The molecule has 2 N–H and O–H groups in total. The lowest BCUT2D eigenvalue weighted by atomic mass is 10.2. The van der Waals surface area contributed by atoms with Crippen LogP contribution < -0.4 is 5.73 Å². The number of alkyl halides is 3. The second-order valence-electron chi connectivity index (χ2n) is 2.33. The summed E-state index contributed by atoms with van der Waals surface area (Å²) in [4.78, 5) is 3.62. The van der Waals surface area contributed by atoms with E-state index in [-0.39, 0.29) is 10.8 Å². The Morgan fingerprint density at radius 1 is 1.62 bits per heavy atom. The number of halogens is 4. The molecule has 0 fully saturated rings. The summed E-state index contributed by atoms with van der Waals surface area (Å²) in [6.07, 6.45) is -1.32. The van der Waals surface area contributed by atoms with Crippen LogP contribution in [0.5, 0.6) is 0 Å². The molecule has 0 aliphatic heterocycles. The predicted molar refractivity (Wildman–Crippen MR) is 51.2 cm³/mol. The van der Waals surface area contributed by atoms with Crippen LogP contribution in [0, 0.1) is 0 Å². The number of pyridine rings is 1. The molecule has 1 aromatic rings. The minimum Gasteiger partial charge on any atom is -0.383 e. The minimum atomic E-state index is -2.70. The molecule has 13 heavy (non-hydrogen) atoms. The molecule has 2 nitrogen and oxygen atoms in total. The normalized spacial score (nSPS) is 10.8. The molecule has 0 aliphatic carbocycles. The molecule has 0 saturated heterocycles. The van der Waals surface area contributed by atoms with Gasteiger partial charge in [0.15, 0.2) is 0 Å². The summed E-state index contributed by atoms with van der Waals surface area (Å²) in [5, 5.41) is 0.359. The molecule has 0 radical (unpaired) electrons. The van der Waals surface area contributed by atoms with Gasteiger partial charge in [0, 0.05) is 17.1 Å². The first kappa shape index (κ1) is 10.7. The van der Waals surface area contributed by atoms with E-state index in [9.17, 15) is 8.78 Å². The van der Waals surface area contributed by atoms with E-state index >= 15 is 0 Å². The molecular formula is C7H6BrClF2N2. The molecule has 0 aromatic carbocycles. The number of nitrogens with two attached hydrogens (primary N) is 1. The van der Waals surface area contributed by atoms with Crippen molar-refractivity contribution in [2.45, 2.75) is 11.8 Å². The van der Waals surface area contributed by atoms with Crippen LogP contribution in [0.3, 0.4) is 0 Å². The molecule has 0 spiro atoms. The smallest absolute Gasteiger partial charge is 0.268 e. The highest BCUT2D eigenvalue weighted by Crippen LogP contribution is 2.33. The molecule has 0 amide bonds. The molecule has 0 bridgehead atoms. The van der Waals surface area contributed by atoms with Crippen molar-refractivity contribution in [3.63, 3.8) is 0 Å². The maximum atomic E-state index is 12.4. The molecule has 0 atom stereocenters. The van der Waals surface area contributed by atoms with Crippen molar-refractivity contribution in [3.8, 4) is 0 Å². The van der Waals surface area contributed by atoms with Gasteiger partial charge in [-0.15, -0.1) is 0 Å². The van der Waals surface area contributed by atoms with E-state index in [1.165, 1.54) is 6.20 Å². The topological polar surface area (TPSA) is 38.9 Å². The van der Waals surface area contributed by atoms with Gasteiger partial charge in [-0.3, -0.25) is 0 Å². The number of rotatable bonds is 2. The van der Waals surface area contributed by atoms with Crippen molar-refractivity contribution in [1.82, 2.24) is 4.98 Å². The zero-order chi connectivity index (χ0) is 10.0. The summed E-state index contributed by atoms with van der Waals surface area (Å²) < 4.78 is 24.8. The molecule has 1 heterocycles. The Kier molecular flexibility index (Phi) is 3.44. The van der Waals surface area contributed by atoms with E-state index in [0.29, 0.717) is 10.9 Å². The fraction of sp³-hybridized carbons (Fsp3) is 0.286. The van der Waals surface area contributed by atoms with Crippen LogP contribution in [-0.4, -0.2) is 4.98 Å². The lowest BCUT2D eigenvalue weighted by Crippen LogP contribution is -2.01.